The van der Waals surface area contributed by atoms with E-state index in [0.717, 1.165) is 0 Å². The van der Waals surface area contributed by atoms with Gasteiger partial charge in [0.25, 0.3) is 0 Å². The zero-order valence-electron chi connectivity index (χ0n) is 8.73. The number of hydrogen-bond acceptors (Lipinski definition) is 4. The largest absolute Gasteiger partial charge is 0.481 e. The Morgan fingerprint density at radius 3 is 2.67 bits per heavy atom. The van der Waals surface area contributed by atoms with E-state index in [4.69, 9.17) is 14.6 Å². The van der Waals surface area contributed by atoms with Gasteiger partial charge in [-0.15, -0.1) is 0 Å². The van der Waals surface area contributed by atoms with Crippen LogP contribution in [0.1, 0.15) is 13.8 Å². The van der Waals surface area contributed by atoms with Crippen molar-refractivity contribution in [3.63, 3.8) is 0 Å². The number of rotatable bonds is 3. The number of carboxylic acid groups (broad SMARTS) is 1. The average Bonchev–Trinajstić information content (AvgIpc) is 2.50. The Labute approximate surface area is 87.5 Å². The van der Waals surface area contributed by atoms with Gasteiger partial charge in [0, 0.05) is 0 Å². The van der Waals surface area contributed by atoms with E-state index in [-0.39, 0.29) is 19.3 Å². The molecule has 1 aliphatic heterocycles. The van der Waals surface area contributed by atoms with Crippen molar-refractivity contribution in [2.24, 2.45) is 5.92 Å². The SMILES string of the molecule is CC(C)OC(=O)NC1COCC1C(=O)O. The molecule has 1 amide bonds. The lowest BCUT2D eigenvalue weighted by atomic mass is 10.1. The van der Waals surface area contributed by atoms with E-state index < -0.39 is 24.0 Å². The normalized spacial score (nSPS) is 25.3. The predicted molar refractivity (Wildman–Crippen MR) is 50.5 cm³/mol. The molecule has 1 fully saturated rings. The number of nitrogens with one attached hydrogen (secondary N) is 1. The summed E-state index contributed by atoms with van der Waals surface area (Å²) in [5, 5.41) is 11.3. The highest BCUT2D eigenvalue weighted by atomic mass is 16.6. The number of ether oxygens (including phenoxy) is 2. The van der Waals surface area contributed by atoms with Crippen molar-refractivity contribution in [2.45, 2.75) is 26.0 Å². The standard InChI is InChI=1S/C9H15NO5/c1-5(2)15-9(13)10-7-4-14-3-6(7)8(11)12/h5-7H,3-4H2,1-2H3,(H,10,13)(H,11,12). The van der Waals surface area contributed by atoms with Gasteiger partial charge < -0.3 is 19.9 Å². The highest BCUT2D eigenvalue weighted by Gasteiger charge is 2.35. The summed E-state index contributed by atoms with van der Waals surface area (Å²) in [4.78, 5) is 21.9. The van der Waals surface area contributed by atoms with Gasteiger partial charge in [-0.2, -0.15) is 0 Å². The highest BCUT2D eigenvalue weighted by Crippen LogP contribution is 2.13. The van der Waals surface area contributed by atoms with E-state index in [2.05, 4.69) is 5.32 Å². The summed E-state index contributed by atoms with van der Waals surface area (Å²) >= 11 is 0. The first-order valence-electron chi connectivity index (χ1n) is 4.78. The van der Waals surface area contributed by atoms with Crippen LogP contribution in [0.2, 0.25) is 0 Å². The van der Waals surface area contributed by atoms with Crippen LogP contribution >= 0.6 is 0 Å². The van der Waals surface area contributed by atoms with Gasteiger partial charge in [-0.05, 0) is 13.8 Å². The molecule has 1 rings (SSSR count). The van der Waals surface area contributed by atoms with E-state index in [1.165, 1.54) is 0 Å². The van der Waals surface area contributed by atoms with Crippen molar-refractivity contribution < 1.29 is 24.2 Å². The maximum Gasteiger partial charge on any atom is 0.407 e. The van der Waals surface area contributed by atoms with Gasteiger partial charge in [-0.25, -0.2) is 4.79 Å². The number of carbonyl (C=O) groups excluding carboxylic acids is 1. The fraction of sp³-hybridized carbons (Fsp3) is 0.778. The number of carboxylic acids is 1. The molecule has 0 bridgehead atoms. The molecule has 0 aromatic heterocycles. The molecule has 2 N–H and O–H groups in total. The first-order chi connectivity index (χ1) is 7.00. The van der Waals surface area contributed by atoms with Crippen molar-refractivity contribution in [3.05, 3.63) is 0 Å². The quantitative estimate of drug-likeness (QED) is 0.706. The number of aliphatic carboxylic acids is 1. The van der Waals surface area contributed by atoms with Crippen LogP contribution in [0.4, 0.5) is 4.79 Å². The van der Waals surface area contributed by atoms with Gasteiger partial charge >= 0.3 is 12.1 Å². The van der Waals surface area contributed by atoms with Crippen LogP contribution in [0, 0.1) is 5.92 Å². The Hall–Kier alpha value is -1.30. The molecule has 1 saturated heterocycles. The van der Waals surface area contributed by atoms with E-state index in [1.807, 2.05) is 0 Å². The van der Waals surface area contributed by atoms with Crippen molar-refractivity contribution in [1.82, 2.24) is 5.32 Å². The minimum absolute atomic E-state index is 0.127. The maximum atomic E-state index is 11.2. The van der Waals surface area contributed by atoms with E-state index in [0.29, 0.717) is 0 Å². The molecule has 0 aliphatic carbocycles. The van der Waals surface area contributed by atoms with Gasteiger partial charge in [-0.1, -0.05) is 0 Å². The highest BCUT2D eigenvalue weighted by molar-refractivity contribution is 5.74. The lowest BCUT2D eigenvalue weighted by Gasteiger charge is -2.16. The second-order valence-electron chi connectivity index (χ2n) is 3.69. The third-order valence-electron chi connectivity index (χ3n) is 2.04. The number of hydrogen-bond donors (Lipinski definition) is 2. The van der Waals surface area contributed by atoms with Crippen molar-refractivity contribution >= 4 is 12.1 Å². The minimum Gasteiger partial charge on any atom is -0.481 e. The van der Waals surface area contributed by atoms with Gasteiger partial charge in [0.15, 0.2) is 0 Å². The number of amides is 1. The lowest BCUT2D eigenvalue weighted by molar-refractivity contribution is -0.142. The van der Waals surface area contributed by atoms with E-state index >= 15 is 0 Å². The molecule has 0 saturated carbocycles. The Balaban J connectivity index is 2.43. The smallest absolute Gasteiger partial charge is 0.407 e. The summed E-state index contributed by atoms with van der Waals surface area (Å²) in [5.74, 6) is -1.66. The van der Waals surface area contributed by atoms with Crippen LogP contribution in [0.5, 0.6) is 0 Å². The van der Waals surface area contributed by atoms with Crippen molar-refractivity contribution in [2.75, 3.05) is 13.2 Å². The van der Waals surface area contributed by atoms with Crippen molar-refractivity contribution in [3.8, 4) is 0 Å². The molecular formula is C9H15NO5. The third-order valence-corrected chi connectivity index (χ3v) is 2.04. The third kappa shape index (κ3) is 3.39. The lowest BCUT2D eigenvalue weighted by Crippen LogP contribution is -2.43. The van der Waals surface area contributed by atoms with Crippen LogP contribution < -0.4 is 5.32 Å². The Morgan fingerprint density at radius 2 is 2.13 bits per heavy atom. The molecular weight excluding hydrogens is 202 g/mol. The summed E-state index contributed by atoms with van der Waals surface area (Å²) in [7, 11) is 0. The van der Waals surface area contributed by atoms with E-state index in [1.54, 1.807) is 13.8 Å². The Morgan fingerprint density at radius 1 is 1.47 bits per heavy atom. The summed E-state index contributed by atoms with van der Waals surface area (Å²) < 4.78 is 9.83. The Kier molecular flexibility index (Phi) is 3.90. The molecule has 86 valence electrons. The van der Waals surface area contributed by atoms with Crippen LogP contribution in [0.3, 0.4) is 0 Å². The fourth-order valence-corrected chi connectivity index (χ4v) is 1.34. The Bertz CT molecular complexity index is 253. The molecule has 0 aromatic carbocycles. The molecule has 2 unspecified atom stereocenters. The molecule has 1 heterocycles. The second kappa shape index (κ2) is 4.97. The summed E-state index contributed by atoms with van der Waals surface area (Å²) in [6.07, 6.45) is -0.831. The molecule has 6 nitrogen and oxygen atoms in total. The van der Waals surface area contributed by atoms with Gasteiger partial charge in [0.2, 0.25) is 0 Å². The summed E-state index contributed by atoms with van der Waals surface area (Å²) in [6, 6.07) is -0.506. The van der Waals surface area contributed by atoms with Crippen LogP contribution in [-0.4, -0.2) is 42.5 Å². The first-order valence-corrected chi connectivity index (χ1v) is 4.78. The molecule has 2 atom stereocenters. The topological polar surface area (TPSA) is 84.9 Å². The molecule has 1 aliphatic rings. The molecule has 0 radical (unpaired) electrons. The average molecular weight is 217 g/mol. The van der Waals surface area contributed by atoms with Gasteiger partial charge in [0.05, 0.1) is 25.4 Å². The second-order valence-corrected chi connectivity index (χ2v) is 3.69. The molecule has 0 aromatic rings. The number of carbonyl (C=O) groups is 2. The minimum atomic E-state index is -0.970. The molecule has 0 spiro atoms. The molecule has 6 heteroatoms. The predicted octanol–water partition coefficient (Wildman–Crippen LogP) is 0.221. The number of alkyl carbamates (subject to hydrolysis) is 1. The van der Waals surface area contributed by atoms with Crippen LogP contribution in [-0.2, 0) is 14.3 Å². The van der Waals surface area contributed by atoms with E-state index in [9.17, 15) is 9.59 Å². The van der Waals surface area contributed by atoms with Gasteiger partial charge in [-0.3, -0.25) is 4.79 Å². The first kappa shape index (κ1) is 11.8. The van der Waals surface area contributed by atoms with Crippen molar-refractivity contribution in [1.29, 1.82) is 0 Å². The monoisotopic (exact) mass is 217 g/mol. The molecule has 15 heavy (non-hydrogen) atoms. The summed E-state index contributed by atoms with van der Waals surface area (Å²) in [6.45, 7) is 3.78. The zero-order valence-corrected chi connectivity index (χ0v) is 8.73. The van der Waals surface area contributed by atoms with Crippen LogP contribution in [0.25, 0.3) is 0 Å². The maximum absolute atomic E-state index is 11.2. The van der Waals surface area contributed by atoms with Crippen LogP contribution in [0.15, 0.2) is 0 Å². The van der Waals surface area contributed by atoms with Gasteiger partial charge in [0.1, 0.15) is 5.92 Å². The zero-order chi connectivity index (χ0) is 11.4. The summed E-state index contributed by atoms with van der Waals surface area (Å²) in [5.41, 5.74) is 0. The fourth-order valence-electron chi connectivity index (χ4n) is 1.34.